The maximum absolute atomic E-state index is 5.52. The third-order valence-corrected chi connectivity index (χ3v) is 4.40. The van der Waals surface area contributed by atoms with Crippen LogP contribution in [0.25, 0.3) is 22.5 Å². The monoisotopic (exact) mass is 375 g/mol. The lowest BCUT2D eigenvalue weighted by Gasteiger charge is -2.13. The van der Waals surface area contributed by atoms with Crippen molar-refractivity contribution in [2.24, 2.45) is 0 Å². The number of anilines is 2. The van der Waals surface area contributed by atoms with Gasteiger partial charge in [0.05, 0.1) is 18.4 Å². The van der Waals surface area contributed by atoms with E-state index >= 15 is 0 Å². The van der Waals surface area contributed by atoms with Crippen molar-refractivity contribution in [3.63, 3.8) is 0 Å². The standard InChI is InChI=1S/C21H21N5O2/c1-12(2)19-25-21(28-26-19)17-11-22-20-16(9-8-13(3)23-20)18(17)24-14-6-5-7-15(10-14)27-4/h5-12H,1-4H3,(H,22,23,24). The molecule has 0 amide bonds. The molecule has 0 aliphatic heterocycles. The first-order chi connectivity index (χ1) is 13.5. The number of hydrogen-bond acceptors (Lipinski definition) is 7. The van der Waals surface area contributed by atoms with E-state index in [1.165, 1.54) is 0 Å². The van der Waals surface area contributed by atoms with Crippen molar-refractivity contribution in [3.05, 3.63) is 54.1 Å². The van der Waals surface area contributed by atoms with Crippen LogP contribution in [0.1, 0.15) is 31.3 Å². The highest BCUT2D eigenvalue weighted by Gasteiger charge is 2.18. The molecule has 0 spiro atoms. The molecule has 1 N–H and O–H groups in total. The van der Waals surface area contributed by atoms with E-state index in [9.17, 15) is 0 Å². The number of nitrogens with zero attached hydrogens (tertiary/aromatic N) is 4. The van der Waals surface area contributed by atoms with E-state index in [0.717, 1.165) is 33.8 Å². The summed E-state index contributed by atoms with van der Waals surface area (Å²) in [6.45, 7) is 5.99. The molecule has 3 aromatic heterocycles. The van der Waals surface area contributed by atoms with Crippen molar-refractivity contribution < 1.29 is 9.26 Å². The van der Waals surface area contributed by atoms with Gasteiger partial charge in [0.15, 0.2) is 11.5 Å². The number of aryl methyl sites for hydroxylation is 1. The summed E-state index contributed by atoms with van der Waals surface area (Å²) < 4.78 is 10.9. The Morgan fingerprint density at radius 1 is 1.11 bits per heavy atom. The Bertz CT molecular complexity index is 1140. The van der Waals surface area contributed by atoms with Crippen LogP contribution in [0.2, 0.25) is 0 Å². The molecule has 0 unspecified atom stereocenters. The molecule has 4 aromatic rings. The van der Waals surface area contributed by atoms with Crippen LogP contribution < -0.4 is 10.1 Å². The van der Waals surface area contributed by atoms with E-state index in [4.69, 9.17) is 9.26 Å². The quantitative estimate of drug-likeness (QED) is 0.533. The van der Waals surface area contributed by atoms with Gasteiger partial charge in [0, 0.05) is 34.9 Å². The minimum absolute atomic E-state index is 0.171. The molecule has 0 aliphatic carbocycles. The molecule has 4 rings (SSSR count). The van der Waals surface area contributed by atoms with Gasteiger partial charge in [-0.15, -0.1) is 0 Å². The van der Waals surface area contributed by atoms with Gasteiger partial charge in [0.25, 0.3) is 5.89 Å². The van der Waals surface area contributed by atoms with Crippen molar-refractivity contribution in [2.45, 2.75) is 26.7 Å². The lowest BCUT2D eigenvalue weighted by atomic mass is 10.1. The first-order valence-electron chi connectivity index (χ1n) is 9.06. The van der Waals surface area contributed by atoms with Gasteiger partial charge in [-0.2, -0.15) is 4.98 Å². The fourth-order valence-corrected chi connectivity index (χ4v) is 2.89. The van der Waals surface area contributed by atoms with Gasteiger partial charge in [-0.05, 0) is 31.2 Å². The minimum Gasteiger partial charge on any atom is -0.497 e. The van der Waals surface area contributed by atoms with Gasteiger partial charge in [-0.1, -0.05) is 25.1 Å². The fraction of sp³-hybridized carbons (Fsp3) is 0.238. The third kappa shape index (κ3) is 3.38. The Balaban J connectivity index is 1.88. The predicted molar refractivity (Wildman–Crippen MR) is 108 cm³/mol. The maximum Gasteiger partial charge on any atom is 0.261 e. The Labute approximate surface area is 162 Å². The van der Waals surface area contributed by atoms with Gasteiger partial charge in [-0.3, -0.25) is 0 Å². The Morgan fingerprint density at radius 3 is 2.71 bits per heavy atom. The van der Waals surface area contributed by atoms with E-state index in [1.54, 1.807) is 13.3 Å². The number of ether oxygens (including phenoxy) is 1. The second kappa shape index (κ2) is 7.26. The molecule has 0 radical (unpaired) electrons. The lowest BCUT2D eigenvalue weighted by molar-refractivity contribution is 0.415. The van der Waals surface area contributed by atoms with Crippen molar-refractivity contribution in [1.82, 2.24) is 20.1 Å². The van der Waals surface area contributed by atoms with E-state index in [-0.39, 0.29) is 5.92 Å². The van der Waals surface area contributed by atoms with E-state index in [1.807, 2.05) is 57.2 Å². The second-order valence-corrected chi connectivity index (χ2v) is 6.84. The molecule has 0 bridgehead atoms. The van der Waals surface area contributed by atoms with E-state index < -0.39 is 0 Å². The average molecular weight is 375 g/mol. The minimum atomic E-state index is 0.171. The molecule has 28 heavy (non-hydrogen) atoms. The van der Waals surface area contributed by atoms with Gasteiger partial charge < -0.3 is 14.6 Å². The normalized spacial score (nSPS) is 11.2. The summed E-state index contributed by atoms with van der Waals surface area (Å²) in [5.74, 6) is 2.01. The summed E-state index contributed by atoms with van der Waals surface area (Å²) in [5.41, 5.74) is 3.96. The van der Waals surface area contributed by atoms with Gasteiger partial charge in [0.2, 0.25) is 0 Å². The first kappa shape index (κ1) is 17.9. The van der Waals surface area contributed by atoms with E-state index in [2.05, 4.69) is 25.4 Å². The highest BCUT2D eigenvalue weighted by molar-refractivity contribution is 5.98. The molecule has 0 saturated carbocycles. The smallest absolute Gasteiger partial charge is 0.261 e. The summed E-state index contributed by atoms with van der Waals surface area (Å²) in [7, 11) is 1.64. The number of rotatable bonds is 5. The van der Waals surface area contributed by atoms with E-state index in [0.29, 0.717) is 17.4 Å². The van der Waals surface area contributed by atoms with Gasteiger partial charge in [-0.25, -0.2) is 9.97 Å². The molecular weight excluding hydrogens is 354 g/mol. The Morgan fingerprint density at radius 2 is 1.96 bits per heavy atom. The van der Waals surface area contributed by atoms with Crippen LogP contribution in [0.5, 0.6) is 5.75 Å². The fourth-order valence-electron chi connectivity index (χ4n) is 2.89. The zero-order valence-electron chi connectivity index (χ0n) is 16.2. The molecular formula is C21H21N5O2. The Hall–Kier alpha value is -3.48. The molecule has 0 saturated heterocycles. The first-order valence-corrected chi connectivity index (χ1v) is 9.06. The molecule has 7 nitrogen and oxygen atoms in total. The zero-order chi connectivity index (χ0) is 19.7. The van der Waals surface area contributed by atoms with Crippen molar-refractivity contribution >= 4 is 22.4 Å². The molecule has 7 heteroatoms. The molecule has 0 fully saturated rings. The summed E-state index contributed by atoms with van der Waals surface area (Å²) >= 11 is 0. The number of hydrogen-bond donors (Lipinski definition) is 1. The third-order valence-electron chi connectivity index (χ3n) is 4.40. The molecule has 3 heterocycles. The topological polar surface area (TPSA) is 86.0 Å². The summed E-state index contributed by atoms with van der Waals surface area (Å²) in [6, 6.07) is 11.7. The number of pyridine rings is 2. The van der Waals surface area contributed by atoms with Crippen molar-refractivity contribution in [1.29, 1.82) is 0 Å². The highest BCUT2D eigenvalue weighted by atomic mass is 16.5. The van der Waals surface area contributed by atoms with Crippen LogP contribution in [0.4, 0.5) is 11.4 Å². The molecule has 0 atom stereocenters. The average Bonchev–Trinajstić information content (AvgIpc) is 3.18. The SMILES string of the molecule is COc1cccc(Nc2c(-c3nc(C(C)C)no3)cnc3nc(C)ccc23)c1. The van der Waals surface area contributed by atoms with Crippen LogP contribution in [0.3, 0.4) is 0 Å². The van der Waals surface area contributed by atoms with Crippen molar-refractivity contribution in [3.8, 4) is 17.2 Å². The van der Waals surface area contributed by atoms with Crippen molar-refractivity contribution in [2.75, 3.05) is 12.4 Å². The van der Waals surface area contributed by atoms with Crippen LogP contribution in [-0.2, 0) is 0 Å². The second-order valence-electron chi connectivity index (χ2n) is 6.84. The number of methoxy groups -OCH3 is 1. The maximum atomic E-state index is 5.52. The Kier molecular flexibility index (Phi) is 4.65. The number of fused-ring (bicyclic) bond motifs is 1. The van der Waals surface area contributed by atoms with Gasteiger partial charge in [0.1, 0.15) is 5.75 Å². The van der Waals surface area contributed by atoms with Crippen LogP contribution in [0, 0.1) is 6.92 Å². The van der Waals surface area contributed by atoms with Crippen LogP contribution in [0.15, 0.2) is 47.1 Å². The number of aromatic nitrogens is 4. The van der Waals surface area contributed by atoms with Gasteiger partial charge >= 0.3 is 0 Å². The molecule has 1 aromatic carbocycles. The number of nitrogens with one attached hydrogen (secondary N) is 1. The largest absolute Gasteiger partial charge is 0.497 e. The molecule has 0 aliphatic rings. The van der Waals surface area contributed by atoms with Crippen LogP contribution >= 0.6 is 0 Å². The zero-order valence-corrected chi connectivity index (χ0v) is 16.2. The lowest BCUT2D eigenvalue weighted by Crippen LogP contribution is -1.99. The van der Waals surface area contributed by atoms with Crippen LogP contribution in [-0.4, -0.2) is 27.2 Å². The number of benzene rings is 1. The summed E-state index contributed by atoms with van der Waals surface area (Å²) in [4.78, 5) is 13.6. The predicted octanol–water partition coefficient (Wildman–Crippen LogP) is 4.86. The molecule has 142 valence electrons. The summed E-state index contributed by atoms with van der Waals surface area (Å²) in [6.07, 6.45) is 1.72. The summed E-state index contributed by atoms with van der Waals surface area (Å²) in [5, 5.41) is 8.41. The highest BCUT2D eigenvalue weighted by Crippen LogP contribution is 2.35.